The molecule has 0 radical (unpaired) electrons. The van der Waals surface area contributed by atoms with E-state index >= 15 is 0 Å². The van der Waals surface area contributed by atoms with Gasteiger partial charge in [-0.05, 0) is 32.4 Å². The molecule has 0 aliphatic heterocycles. The second kappa shape index (κ2) is 6.20. The molecule has 6 nitrogen and oxygen atoms in total. The summed E-state index contributed by atoms with van der Waals surface area (Å²) in [4.78, 5) is 21.2. The van der Waals surface area contributed by atoms with E-state index in [9.17, 15) is 28.1 Å². The fraction of sp³-hybridized carbons (Fsp3) is 0.462. The molecule has 1 aromatic carbocycles. The summed E-state index contributed by atoms with van der Waals surface area (Å²) in [5.74, 6) is 0. The first-order valence-corrected chi connectivity index (χ1v) is 6.21. The topological polar surface area (TPSA) is 81.5 Å². The van der Waals surface area contributed by atoms with Gasteiger partial charge in [-0.1, -0.05) is 0 Å². The van der Waals surface area contributed by atoms with Crippen LogP contribution in [-0.2, 0) is 17.5 Å². The van der Waals surface area contributed by atoms with Crippen molar-refractivity contribution >= 4 is 11.8 Å². The number of nitrogens with zero attached hydrogens (tertiary/aromatic N) is 1. The number of hydrogen-bond donors (Lipinski definition) is 1. The second-order valence-corrected chi connectivity index (χ2v) is 5.50. The Morgan fingerprint density at radius 3 is 2.32 bits per heavy atom. The van der Waals surface area contributed by atoms with Crippen LogP contribution in [-0.4, -0.2) is 16.6 Å². The Morgan fingerprint density at radius 2 is 1.86 bits per heavy atom. The van der Waals surface area contributed by atoms with E-state index in [0.29, 0.717) is 6.07 Å². The number of carbonyl (C=O) groups is 1. The average Bonchev–Trinajstić information content (AvgIpc) is 2.33. The van der Waals surface area contributed by atoms with Crippen molar-refractivity contribution < 1.29 is 27.6 Å². The van der Waals surface area contributed by atoms with Gasteiger partial charge < -0.3 is 10.1 Å². The van der Waals surface area contributed by atoms with Gasteiger partial charge in [0.2, 0.25) is 0 Å². The third-order valence-corrected chi connectivity index (χ3v) is 2.35. The number of hydrogen-bond acceptors (Lipinski definition) is 4. The number of halogens is 3. The van der Waals surface area contributed by atoms with Crippen LogP contribution < -0.4 is 5.32 Å². The zero-order valence-corrected chi connectivity index (χ0v) is 12.2. The minimum atomic E-state index is -4.72. The molecule has 22 heavy (non-hydrogen) atoms. The Bertz CT molecular complexity index is 580. The average molecular weight is 320 g/mol. The maximum atomic E-state index is 12.7. The number of rotatable bonds is 3. The largest absolute Gasteiger partial charge is 0.444 e. The van der Waals surface area contributed by atoms with Crippen LogP contribution >= 0.6 is 0 Å². The van der Waals surface area contributed by atoms with Crippen molar-refractivity contribution in [3.05, 3.63) is 39.4 Å². The number of nitro benzene ring substituents is 1. The van der Waals surface area contributed by atoms with E-state index in [-0.39, 0.29) is 12.1 Å². The van der Waals surface area contributed by atoms with Gasteiger partial charge in [0, 0.05) is 18.7 Å². The molecule has 0 atom stereocenters. The Hall–Kier alpha value is -2.32. The Labute approximate surface area is 124 Å². The molecular formula is C13H15F3N2O4. The lowest BCUT2D eigenvalue weighted by atomic mass is 10.1. The van der Waals surface area contributed by atoms with Gasteiger partial charge in [0.1, 0.15) is 5.60 Å². The predicted molar refractivity (Wildman–Crippen MR) is 71.2 cm³/mol. The van der Waals surface area contributed by atoms with Crippen LogP contribution in [0.1, 0.15) is 31.9 Å². The maximum absolute atomic E-state index is 12.7. The monoisotopic (exact) mass is 320 g/mol. The van der Waals surface area contributed by atoms with Crippen LogP contribution in [0.3, 0.4) is 0 Å². The highest BCUT2D eigenvalue weighted by atomic mass is 19.4. The summed E-state index contributed by atoms with van der Waals surface area (Å²) in [6.45, 7) is 4.56. The molecule has 1 aromatic rings. The maximum Gasteiger partial charge on any atom is 0.416 e. The second-order valence-electron chi connectivity index (χ2n) is 5.50. The van der Waals surface area contributed by atoms with Gasteiger partial charge in [-0.2, -0.15) is 13.2 Å². The van der Waals surface area contributed by atoms with E-state index in [0.717, 1.165) is 12.1 Å². The van der Waals surface area contributed by atoms with Crippen LogP contribution in [0.25, 0.3) is 0 Å². The van der Waals surface area contributed by atoms with E-state index < -0.39 is 34.0 Å². The fourth-order valence-corrected chi connectivity index (χ4v) is 1.53. The van der Waals surface area contributed by atoms with E-state index in [1.54, 1.807) is 20.8 Å². The molecule has 1 rings (SSSR count). The Morgan fingerprint density at radius 1 is 1.27 bits per heavy atom. The third-order valence-electron chi connectivity index (χ3n) is 2.35. The first-order chi connectivity index (χ1) is 9.88. The molecule has 9 heteroatoms. The molecule has 0 aliphatic rings. The number of alkyl halides is 3. The lowest BCUT2D eigenvalue weighted by Crippen LogP contribution is -2.32. The van der Waals surface area contributed by atoms with E-state index in [1.165, 1.54) is 0 Å². The molecule has 0 saturated carbocycles. The first-order valence-electron chi connectivity index (χ1n) is 6.21. The minimum Gasteiger partial charge on any atom is -0.444 e. The van der Waals surface area contributed by atoms with Gasteiger partial charge in [-0.25, -0.2) is 4.79 Å². The van der Waals surface area contributed by atoms with Crippen LogP contribution in [0.5, 0.6) is 0 Å². The van der Waals surface area contributed by atoms with Crippen molar-refractivity contribution in [1.29, 1.82) is 0 Å². The highest BCUT2D eigenvalue weighted by Gasteiger charge is 2.32. The Balaban J connectivity index is 2.93. The molecule has 122 valence electrons. The minimum absolute atomic E-state index is 0.0487. The predicted octanol–water partition coefficient (Wildman–Crippen LogP) is 3.64. The van der Waals surface area contributed by atoms with Gasteiger partial charge in [0.25, 0.3) is 5.69 Å². The molecule has 0 fully saturated rings. The van der Waals surface area contributed by atoms with E-state index in [4.69, 9.17) is 4.74 Å². The molecule has 0 spiro atoms. The first kappa shape index (κ1) is 17.7. The number of ether oxygens (including phenoxy) is 1. The Kier molecular flexibility index (Phi) is 5.00. The van der Waals surface area contributed by atoms with Crippen molar-refractivity contribution in [1.82, 2.24) is 5.32 Å². The van der Waals surface area contributed by atoms with Crippen molar-refractivity contribution in [3.8, 4) is 0 Å². The zero-order chi connectivity index (χ0) is 17.1. The molecule has 0 heterocycles. The zero-order valence-electron chi connectivity index (χ0n) is 12.2. The summed E-state index contributed by atoms with van der Waals surface area (Å²) in [6, 6.07) is 2.15. The molecular weight excluding hydrogens is 305 g/mol. The third kappa shape index (κ3) is 5.58. The molecule has 0 saturated heterocycles. The fourth-order valence-electron chi connectivity index (χ4n) is 1.53. The van der Waals surface area contributed by atoms with Gasteiger partial charge in [-0.3, -0.25) is 10.1 Å². The van der Waals surface area contributed by atoms with Gasteiger partial charge in [0.05, 0.1) is 10.5 Å². The van der Waals surface area contributed by atoms with Crippen LogP contribution in [0.4, 0.5) is 23.7 Å². The summed E-state index contributed by atoms with van der Waals surface area (Å²) >= 11 is 0. The quantitative estimate of drug-likeness (QED) is 0.681. The number of carbonyl (C=O) groups excluding carboxylic acids is 1. The summed E-state index contributed by atoms with van der Waals surface area (Å²) in [5, 5.41) is 12.9. The highest BCUT2D eigenvalue weighted by Crippen LogP contribution is 2.32. The number of benzene rings is 1. The molecule has 1 amide bonds. The molecule has 0 bridgehead atoms. The van der Waals surface area contributed by atoms with Crippen molar-refractivity contribution in [2.45, 2.75) is 39.1 Å². The number of nitro groups is 1. The number of non-ortho nitro benzene ring substituents is 1. The van der Waals surface area contributed by atoms with Crippen LogP contribution in [0, 0.1) is 10.1 Å². The van der Waals surface area contributed by atoms with Gasteiger partial charge in [-0.15, -0.1) is 0 Å². The van der Waals surface area contributed by atoms with Crippen LogP contribution in [0.2, 0.25) is 0 Å². The highest BCUT2D eigenvalue weighted by molar-refractivity contribution is 5.67. The normalized spacial score (nSPS) is 11.9. The molecule has 1 N–H and O–H groups in total. The lowest BCUT2D eigenvalue weighted by Gasteiger charge is -2.19. The summed E-state index contributed by atoms with van der Waals surface area (Å²) < 4.78 is 43.0. The number of amides is 1. The molecule has 0 unspecified atom stereocenters. The van der Waals surface area contributed by atoms with E-state index in [1.807, 2.05) is 0 Å². The SMILES string of the molecule is CC(C)(C)OC(=O)NCc1cc([N+](=O)[O-])cc(C(F)(F)F)c1. The summed E-state index contributed by atoms with van der Waals surface area (Å²) in [6.07, 6.45) is -5.54. The summed E-state index contributed by atoms with van der Waals surface area (Å²) in [5.41, 5.74) is -2.66. The molecule has 0 aliphatic carbocycles. The van der Waals surface area contributed by atoms with Crippen molar-refractivity contribution in [2.75, 3.05) is 0 Å². The number of alkyl carbamates (subject to hydrolysis) is 1. The standard InChI is InChI=1S/C13H15F3N2O4/c1-12(2,3)22-11(19)17-7-8-4-9(13(14,15)16)6-10(5-8)18(20)21/h4-6H,7H2,1-3H3,(H,17,19). The summed E-state index contributed by atoms with van der Waals surface area (Å²) in [7, 11) is 0. The smallest absolute Gasteiger partial charge is 0.416 e. The van der Waals surface area contributed by atoms with Gasteiger partial charge in [0.15, 0.2) is 0 Å². The van der Waals surface area contributed by atoms with Crippen molar-refractivity contribution in [2.24, 2.45) is 0 Å². The van der Waals surface area contributed by atoms with Crippen LogP contribution in [0.15, 0.2) is 18.2 Å². The van der Waals surface area contributed by atoms with Crippen molar-refractivity contribution in [3.63, 3.8) is 0 Å². The number of nitrogens with one attached hydrogen (secondary N) is 1. The van der Waals surface area contributed by atoms with Gasteiger partial charge >= 0.3 is 12.3 Å². The van der Waals surface area contributed by atoms with E-state index in [2.05, 4.69) is 5.32 Å². The lowest BCUT2D eigenvalue weighted by molar-refractivity contribution is -0.385. The molecule has 0 aromatic heterocycles.